The van der Waals surface area contributed by atoms with E-state index in [0.717, 1.165) is 24.9 Å². The summed E-state index contributed by atoms with van der Waals surface area (Å²) in [6.07, 6.45) is 6.75. The second kappa shape index (κ2) is 10.0. The lowest BCUT2D eigenvalue weighted by Gasteiger charge is -2.16. The zero-order chi connectivity index (χ0) is 15.8. The minimum atomic E-state index is -0.496. The smallest absolute Gasteiger partial charge is 0.128 e. The van der Waals surface area contributed by atoms with Crippen LogP contribution in [0.5, 0.6) is 0 Å². The van der Waals surface area contributed by atoms with E-state index in [1.807, 2.05) is 48.4 Å². The van der Waals surface area contributed by atoms with Crippen molar-refractivity contribution in [2.75, 3.05) is 13.1 Å². The predicted octanol–water partition coefficient (Wildman–Crippen LogP) is 2.30. The van der Waals surface area contributed by atoms with Crippen molar-refractivity contribution in [1.29, 1.82) is 0 Å². The summed E-state index contributed by atoms with van der Waals surface area (Å²) in [7, 11) is 0. The number of aliphatic hydroxyl groups excluding tert-OH is 1. The number of hydrogen-bond acceptors (Lipinski definition) is 4. The Hall–Kier alpha value is -1.84. The molecule has 5 heteroatoms. The van der Waals surface area contributed by atoms with Crippen molar-refractivity contribution in [3.05, 3.63) is 65.4 Å². The van der Waals surface area contributed by atoms with E-state index < -0.39 is 6.10 Å². The Morgan fingerprint density at radius 2 is 2.04 bits per heavy atom. The van der Waals surface area contributed by atoms with Crippen molar-refractivity contribution >= 4 is 18.3 Å². The van der Waals surface area contributed by atoms with Crippen molar-refractivity contribution in [3.63, 3.8) is 0 Å². The van der Waals surface area contributed by atoms with Crippen molar-refractivity contribution in [2.45, 2.75) is 18.9 Å². The molecule has 1 aliphatic carbocycles. The largest absolute Gasteiger partial charge is 0.399 e. The Balaban J connectivity index is 0.00000264. The summed E-state index contributed by atoms with van der Waals surface area (Å²) in [6, 6.07) is 9.59. The summed E-state index contributed by atoms with van der Waals surface area (Å²) in [5, 5.41) is 13.3. The molecule has 0 amide bonds. The standard InChI is InChI=1S/C18H22N2O2.ClH/c19-17-9-8-14(16(11-17)13-21)7-4-10-20-12-18(22)15-5-2-1-3-6-15;/h1-3,5-6,8-9,11,14,18,20,22H,4,7,10,12,19H2;1H. The van der Waals surface area contributed by atoms with Crippen LogP contribution < -0.4 is 11.1 Å². The van der Waals surface area contributed by atoms with Gasteiger partial charge in [-0.1, -0.05) is 36.4 Å². The van der Waals surface area contributed by atoms with Crippen molar-refractivity contribution < 1.29 is 9.90 Å². The van der Waals surface area contributed by atoms with Crippen LogP contribution in [0.25, 0.3) is 0 Å². The second-order valence-corrected chi connectivity index (χ2v) is 5.44. The molecule has 0 aliphatic heterocycles. The number of halogens is 1. The first-order valence-corrected chi connectivity index (χ1v) is 7.55. The predicted molar refractivity (Wildman–Crippen MR) is 94.9 cm³/mol. The summed E-state index contributed by atoms with van der Waals surface area (Å²) in [6.45, 7) is 1.31. The fourth-order valence-electron chi connectivity index (χ4n) is 2.50. The van der Waals surface area contributed by atoms with E-state index in [9.17, 15) is 9.90 Å². The number of benzene rings is 1. The minimum Gasteiger partial charge on any atom is -0.399 e. The fraction of sp³-hybridized carbons (Fsp3) is 0.333. The number of allylic oxidation sites excluding steroid dienone is 4. The molecule has 0 spiro atoms. The van der Waals surface area contributed by atoms with Gasteiger partial charge in [0.2, 0.25) is 0 Å². The quantitative estimate of drug-likeness (QED) is 0.528. The van der Waals surface area contributed by atoms with Crippen molar-refractivity contribution in [2.24, 2.45) is 11.7 Å². The Kier molecular flexibility index (Phi) is 8.38. The molecule has 1 aliphatic rings. The number of aliphatic hydroxyl groups is 1. The van der Waals surface area contributed by atoms with E-state index in [2.05, 4.69) is 5.32 Å². The van der Waals surface area contributed by atoms with E-state index >= 15 is 0 Å². The number of nitrogens with one attached hydrogen (secondary N) is 1. The summed E-state index contributed by atoms with van der Waals surface area (Å²) >= 11 is 0. The highest BCUT2D eigenvalue weighted by Gasteiger charge is 2.14. The molecule has 2 unspecified atom stereocenters. The van der Waals surface area contributed by atoms with Crippen LogP contribution in [0.1, 0.15) is 24.5 Å². The first kappa shape index (κ1) is 19.2. The molecule has 23 heavy (non-hydrogen) atoms. The molecule has 0 saturated carbocycles. The number of carbonyl (C=O) groups excluding carboxylic acids is 1. The number of rotatable bonds is 7. The van der Waals surface area contributed by atoms with Gasteiger partial charge >= 0.3 is 0 Å². The monoisotopic (exact) mass is 334 g/mol. The lowest BCUT2D eigenvalue weighted by Crippen LogP contribution is -2.23. The highest BCUT2D eigenvalue weighted by atomic mass is 35.5. The van der Waals surface area contributed by atoms with E-state index in [1.165, 1.54) is 0 Å². The van der Waals surface area contributed by atoms with Crippen LogP contribution >= 0.6 is 12.4 Å². The molecule has 0 fully saturated rings. The zero-order valence-electron chi connectivity index (χ0n) is 12.9. The molecule has 1 aromatic rings. The molecule has 124 valence electrons. The van der Waals surface area contributed by atoms with Crippen LogP contribution in [0.3, 0.4) is 0 Å². The summed E-state index contributed by atoms with van der Waals surface area (Å²) < 4.78 is 0. The van der Waals surface area contributed by atoms with Gasteiger partial charge in [-0.15, -0.1) is 12.4 Å². The zero-order valence-corrected chi connectivity index (χ0v) is 13.8. The molecule has 0 bridgehead atoms. The highest BCUT2D eigenvalue weighted by Crippen LogP contribution is 2.22. The van der Waals surface area contributed by atoms with Crippen LogP contribution in [0.2, 0.25) is 0 Å². The number of nitrogens with two attached hydrogens (primary N) is 1. The third kappa shape index (κ3) is 6.05. The molecule has 4 nitrogen and oxygen atoms in total. The average molecular weight is 335 g/mol. The normalized spacial score (nSPS) is 17.9. The van der Waals surface area contributed by atoms with Gasteiger partial charge in [-0.2, -0.15) is 0 Å². The van der Waals surface area contributed by atoms with Crippen LogP contribution in [-0.2, 0) is 4.79 Å². The van der Waals surface area contributed by atoms with E-state index in [4.69, 9.17) is 5.73 Å². The average Bonchev–Trinajstić information content (AvgIpc) is 2.56. The highest BCUT2D eigenvalue weighted by molar-refractivity contribution is 5.85. The van der Waals surface area contributed by atoms with Gasteiger partial charge in [-0.25, -0.2) is 4.79 Å². The second-order valence-electron chi connectivity index (χ2n) is 5.44. The Morgan fingerprint density at radius 3 is 2.74 bits per heavy atom. The summed E-state index contributed by atoms with van der Waals surface area (Å²) in [4.78, 5) is 10.9. The Bertz CT molecular complexity index is 592. The molecule has 0 saturated heterocycles. The maximum Gasteiger partial charge on any atom is 0.128 e. The van der Waals surface area contributed by atoms with E-state index in [-0.39, 0.29) is 18.3 Å². The molecule has 1 aromatic carbocycles. The molecule has 0 aromatic heterocycles. The molecule has 4 N–H and O–H groups in total. The Morgan fingerprint density at radius 1 is 1.30 bits per heavy atom. The van der Waals surface area contributed by atoms with Gasteiger partial charge < -0.3 is 16.2 Å². The van der Waals surface area contributed by atoms with E-state index in [0.29, 0.717) is 17.8 Å². The third-order valence-corrected chi connectivity index (χ3v) is 3.75. The van der Waals surface area contributed by atoms with Crippen LogP contribution in [0.4, 0.5) is 0 Å². The molecule has 2 atom stereocenters. The fourth-order valence-corrected chi connectivity index (χ4v) is 2.50. The van der Waals surface area contributed by atoms with Gasteiger partial charge in [0.05, 0.1) is 6.10 Å². The number of hydrogen-bond donors (Lipinski definition) is 3. The van der Waals surface area contributed by atoms with Gasteiger partial charge in [-0.05, 0) is 37.1 Å². The van der Waals surface area contributed by atoms with Crippen molar-refractivity contribution in [3.8, 4) is 0 Å². The van der Waals surface area contributed by atoms with Gasteiger partial charge in [-0.3, -0.25) is 0 Å². The van der Waals surface area contributed by atoms with Gasteiger partial charge in [0.1, 0.15) is 5.94 Å². The van der Waals surface area contributed by atoms with Crippen LogP contribution in [0.15, 0.2) is 59.8 Å². The minimum absolute atomic E-state index is 0. The molecule has 0 radical (unpaired) electrons. The Labute approximate surface area is 143 Å². The van der Waals surface area contributed by atoms with Crippen LogP contribution in [0, 0.1) is 5.92 Å². The molecule has 0 heterocycles. The summed E-state index contributed by atoms with van der Waals surface area (Å²) in [5.74, 6) is 2.05. The van der Waals surface area contributed by atoms with Gasteiger partial charge in [0, 0.05) is 23.7 Å². The third-order valence-electron chi connectivity index (χ3n) is 3.75. The van der Waals surface area contributed by atoms with Gasteiger partial charge in [0.15, 0.2) is 0 Å². The maximum atomic E-state index is 10.9. The SMILES string of the molecule is Cl.NC1=CC(=C=O)C(CCCNCC(O)c2ccccc2)C=C1. The molecule has 2 rings (SSSR count). The summed E-state index contributed by atoms with van der Waals surface area (Å²) in [5.41, 5.74) is 7.79. The van der Waals surface area contributed by atoms with Gasteiger partial charge in [0.25, 0.3) is 0 Å². The van der Waals surface area contributed by atoms with E-state index in [1.54, 1.807) is 6.08 Å². The topological polar surface area (TPSA) is 75.4 Å². The first-order valence-electron chi connectivity index (χ1n) is 7.55. The molecular weight excluding hydrogens is 312 g/mol. The van der Waals surface area contributed by atoms with Crippen molar-refractivity contribution in [1.82, 2.24) is 5.32 Å². The molecular formula is C18H23ClN2O2. The lowest BCUT2D eigenvalue weighted by atomic mass is 9.90. The lowest BCUT2D eigenvalue weighted by molar-refractivity contribution is 0.174. The first-order chi connectivity index (χ1) is 10.7. The van der Waals surface area contributed by atoms with Crippen LogP contribution in [-0.4, -0.2) is 24.1 Å². The maximum absolute atomic E-state index is 10.9.